The summed E-state index contributed by atoms with van der Waals surface area (Å²) in [6, 6.07) is 3.55. The number of sulfonamides is 1. The van der Waals surface area contributed by atoms with Crippen LogP contribution in [0, 0.1) is 5.92 Å². The Labute approximate surface area is 176 Å². The molecule has 4 rings (SSSR count). The van der Waals surface area contributed by atoms with Crippen molar-refractivity contribution in [3.8, 4) is 0 Å². The number of piperidine rings is 1. The number of carbonyl (C=O) groups is 1. The van der Waals surface area contributed by atoms with E-state index in [0.29, 0.717) is 44.3 Å². The number of hydrogen-bond donors (Lipinski definition) is 1. The number of imidazole rings is 1. The van der Waals surface area contributed by atoms with Crippen LogP contribution < -0.4 is 4.72 Å². The summed E-state index contributed by atoms with van der Waals surface area (Å²) in [6.07, 6.45) is 9.59. The number of aromatic nitrogens is 2. The van der Waals surface area contributed by atoms with Crippen molar-refractivity contribution in [1.29, 1.82) is 0 Å². The first-order valence-electron chi connectivity index (χ1n) is 10.2. The zero-order valence-electron chi connectivity index (χ0n) is 17.1. The number of hydrogen-bond acceptors (Lipinski definition) is 6. The van der Waals surface area contributed by atoms with Gasteiger partial charge in [-0.1, -0.05) is 0 Å². The van der Waals surface area contributed by atoms with Crippen LogP contribution in [0.2, 0.25) is 0 Å². The second-order valence-electron chi connectivity index (χ2n) is 8.30. The van der Waals surface area contributed by atoms with E-state index in [9.17, 15) is 13.2 Å². The summed E-state index contributed by atoms with van der Waals surface area (Å²) in [6.45, 7) is 2.80. The van der Waals surface area contributed by atoms with Crippen LogP contribution in [0.3, 0.4) is 0 Å². The Kier molecular flexibility index (Phi) is 5.99. The van der Waals surface area contributed by atoms with Crippen molar-refractivity contribution >= 4 is 15.9 Å². The number of nitrogens with zero attached hydrogens (tertiary/aromatic N) is 3. The summed E-state index contributed by atoms with van der Waals surface area (Å²) >= 11 is 0. The smallest absolute Gasteiger partial charge is 0.289 e. The van der Waals surface area contributed by atoms with Crippen LogP contribution >= 0.6 is 0 Å². The first kappa shape index (κ1) is 21.1. The Morgan fingerprint density at radius 2 is 2.13 bits per heavy atom. The lowest BCUT2D eigenvalue weighted by Gasteiger charge is -2.46. The molecular weight excluding hydrogens is 408 g/mol. The summed E-state index contributed by atoms with van der Waals surface area (Å²) in [5.74, 6) is 1.21. The molecule has 4 heterocycles. The molecule has 2 fully saturated rings. The Morgan fingerprint density at radius 3 is 2.83 bits per heavy atom. The minimum Gasteiger partial charge on any atom is -0.454 e. The fourth-order valence-corrected chi connectivity index (χ4v) is 4.87. The molecule has 2 aliphatic rings. The van der Waals surface area contributed by atoms with Gasteiger partial charge in [0.2, 0.25) is 10.0 Å². The van der Waals surface area contributed by atoms with Gasteiger partial charge in [0.05, 0.1) is 24.7 Å². The number of nitrogens with one attached hydrogen (secondary N) is 1. The first-order valence-corrected chi connectivity index (χ1v) is 12.1. The molecule has 1 spiro atoms. The fourth-order valence-electron chi connectivity index (χ4n) is 4.33. The maximum atomic E-state index is 12.9. The lowest BCUT2D eigenvalue weighted by Crippen LogP contribution is -2.51. The molecule has 1 amide bonds. The summed E-state index contributed by atoms with van der Waals surface area (Å²) in [7, 11) is -3.19. The Bertz CT molecular complexity index is 961. The molecule has 1 unspecified atom stereocenters. The van der Waals surface area contributed by atoms with Crippen molar-refractivity contribution in [2.75, 3.05) is 32.5 Å². The molecule has 0 saturated carbocycles. The highest BCUT2D eigenvalue weighted by Crippen LogP contribution is 2.37. The van der Waals surface area contributed by atoms with E-state index in [1.165, 1.54) is 6.26 Å². The topological polar surface area (TPSA) is 107 Å². The Balaban J connectivity index is 1.31. The number of ether oxygens (including phenoxy) is 1. The maximum absolute atomic E-state index is 12.9. The number of carbonyl (C=O) groups excluding carboxylic acids is 1. The predicted molar refractivity (Wildman–Crippen MR) is 109 cm³/mol. The second kappa shape index (κ2) is 8.52. The normalized spacial score (nSPS) is 21.8. The van der Waals surface area contributed by atoms with Crippen molar-refractivity contribution in [1.82, 2.24) is 19.2 Å². The van der Waals surface area contributed by atoms with Crippen LogP contribution in [-0.2, 0) is 21.3 Å². The van der Waals surface area contributed by atoms with E-state index >= 15 is 0 Å². The van der Waals surface area contributed by atoms with E-state index in [0.717, 1.165) is 25.7 Å². The highest BCUT2D eigenvalue weighted by molar-refractivity contribution is 7.88. The van der Waals surface area contributed by atoms with E-state index in [-0.39, 0.29) is 17.4 Å². The molecular formula is C20H28N4O5S. The van der Waals surface area contributed by atoms with Crippen molar-refractivity contribution < 1.29 is 22.4 Å². The van der Waals surface area contributed by atoms with E-state index in [2.05, 4.69) is 9.71 Å². The molecule has 30 heavy (non-hydrogen) atoms. The molecule has 10 heteroatoms. The van der Waals surface area contributed by atoms with Gasteiger partial charge < -0.3 is 18.6 Å². The van der Waals surface area contributed by atoms with Gasteiger partial charge in [-0.3, -0.25) is 4.79 Å². The molecule has 1 atom stereocenters. The number of likely N-dealkylation sites (tertiary alicyclic amines) is 1. The summed E-state index contributed by atoms with van der Waals surface area (Å²) in [5.41, 5.74) is -0.269. The van der Waals surface area contributed by atoms with Crippen molar-refractivity contribution in [2.45, 2.75) is 37.8 Å². The van der Waals surface area contributed by atoms with E-state index in [1.54, 1.807) is 18.6 Å². The van der Waals surface area contributed by atoms with Gasteiger partial charge in [-0.15, -0.1) is 0 Å². The van der Waals surface area contributed by atoms with Crippen LogP contribution in [0.25, 0.3) is 0 Å². The molecule has 0 radical (unpaired) electrons. The molecule has 0 aromatic carbocycles. The molecule has 2 aliphatic heterocycles. The van der Waals surface area contributed by atoms with Gasteiger partial charge in [-0.05, 0) is 43.7 Å². The maximum Gasteiger partial charge on any atom is 0.289 e. The minimum absolute atomic E-state index is 0.104. The number of amides is 1. The van der Waals surface area contributed by atoms with Crippen LogP contribution in [0.4, 0.5) is 0 Å². The highest BCUT2D eigenvalue weighted by atomic mass is 32.2. The van der Waals surface area contributed by atoms with Gasteiger partial charge in [0, 0.05) is 38.6 Å². The predicted octanol–water partition coefficient (Wildman–Crippen LogP) is 1.48. The summed E-state index contributed by atoms with van der Waals surface area (Å²) < 4.78 is 39.1. The average molecular weight is 437 g/mol. The van der Waals surface area contributed by atoms with Gasteiger partial charge in [0.15, 0.2) is 5.76 Å². The summed E-state index contributed by atoms with van der Waals surface area (Å²) in [4.78, 5) is 18.7. The van der Waals surface area contributed by atoms with Gasteiger partial charge >= 0.3 is 0 Å². The molecule has 2 saturated heterocycles. The second-order valence-corrected chi connectivity index (χ2v) is 10.1. The zero-order chi connectivity index (χ0) is 21.2. The van der Waals surface area contributed by atoms with Gasteiger partial charge in [-0.2, -0.15) is 0 Å². The first-order chi connectivity index (χ1) is 14.3. The molecule has 0 bridgehead atoms. The fraction of sp³-hybridized carbons (Fsp3) is 0.600. The SMILES string of the molecule is CS(=O)(=O)NCC1CCOC2(CCN(C(=O)c3ccc(Cn4ccnc4)o3)CC2)C1. The van der Waals surface area contributed by atoms with Crippen LogP contribution in [0.5, 0.6) is 0 Å². The van der Waals surface area contributed by atoms with Crippen LogP contribution in [0.15, 0.2) is 35.3 Å². The molecule has 9 nitrogen and oxygen atoms in total. The lowest BCUT2D eigenvalue weighted by molar-refractivity contribution is -0.122. The van der Waals surface area contributed by atoms with Gasteiger partial charge in [0.1, 0.15) is 5.76 Å². The third-order valence-corrected chi connectivity index (χ3v) is 6.65. The quantitative estimate of drug-likeness (QED) is 0.735. The third-order valence-electron chi connectivity index (χ3n) is 5.96. The zero-order valence-corrected chi connectivity index (χ0v) is 17.9. The summed E-state index contributed by atoms with van der Waals surface area (Å²) in [5, 5.41) is 0. The number of furan rings is 1. The largest absolute Gasteiger partial charge is 0.454 e. The Morgan fingerprint density at radius 1 is 1.33 bits per heavy atom. The standard InChI is InChI=1S/C20H28N4O5S/c1-30(26,27)22-13-16-4-11-28-20(12-16)5-8-24(9-6-20)19(25)18-3-2-17(29-18)14-23-10-7-21-15-23/h2-3,7,10,15-16,22H,4-6,8-9,11-14H2,1H3. The molecule has 2 aromatic heterocycles. The molecule has 0 aliphatic carbocycles. The van der Waals surface area contributed by atoms with Crippen molar-refractivity contribution in [3.05, 3.63) is 42.4 Å². The molecule has 1 N–H and O–H groups in total. The van der Waals surface area contributed by atoms with Gasteiger partial charge in [-0.25, -0.2) is 18.1 Å². The third kappa shape index (κ3) is 5.11. The monoisotopic (exact) mass is 436 g/mol. The average Bonchev–Trinajstić information content (AvgIpc) is 3.39. The Hall–Kier alpha value is -2.17. The van der Waals surface area contributed by atoms with Crippen molar-refractivity contribution in [2.24, 2.45) is 5.92 Å². The van der Waals surface area contributed by atoms with E-state index in [1.807, 2.05) is 21.7 Å². The molecule has 2 aromatic rings. The van der Waals surface area contributed by atoms with Crippen molar-refractivity contribution in [3.63, 3.8) is 0 Å². The highest BCUT2D eigenvalue weighted by Gasteiger charge is 2.41. The van der Waals surface area contributed by atoms with Crippen LogP contribution in [0.1, 0.15) is 42.0 Å². The van der Waals surface area contributed by atoms with Crippen LogP contribution in [-0.4, -0.2) is 66.9 Å². The van der Waals surface area contributed by atoms with E-state index in [4.69, 9.17) is 9.15 Å². The minimum atomic E-state index is -3.19. The molecule has 164 valence electrons. The van der Waals surface area contributed by atoms with Gasteiger partial charge in [0.25, 0.3) is 5.91 Å². The van der Waals surface area contributed by atoms with E-state index < -0.39 is 10.0 Å². The number of rotatable bonds is 6. The lowest BCUT2D eigenvalue weighted by atomic mass is 9.79.